The van der Waals surface area contributed by atoms with Crippen LogP contribution >= 0.6 is 12.4 Å². The maximum atomic E-state index is 11.1. The van der Waals surface area contributed by atoms with E-state index in [0.29, 0.717) is 6.61 Å². The molecule has 0 aliphatic carbocycles. The van der Waals surface area contributed by atoms with E-state index >= 15 is 0 Å². The van der Waals surface area contributed by atoms with Gasteiger partial charge in [0.25, 0.3) is 0 Å². The monoisotopic (exact) mass is 252 g/mol. The molecule has 5 heteroatoms. The number of H-pyrrole nitrogens is 1. The van der Waals surface area contributed by atoms with Crippen LogP contribution in [0.4, 0.5) is 4.79 Å². The van der Waals surface area contributed by atoms with Crippen molar-refractivity contribution in [1.29, 1.82) is 0 Å². The lowest BCUT2D eigenvalue weighted by molar-refractivity contribution is 0.115. The van der Waals surface area contributed by atoms with E-state index in [1.54, 1.807) is 0 Å². The molecule has 2 heterocycles. The summed E-state index contributed by atoms with van der Waals surface area (Å²) in [5, 5.41) is 3.98. The van der Waals surface area contributed by atoms with E-state index in [1.165, 1.54) is 5.39 Å². The Labute approximate surface area is 105 Å². The minimum absolute atomic E-state index is 0. The zero-order chi connectivity index (χ0) is 11.0. The van der Waals surface area contributed by atoms with Crippen LogP contribution in [0, 0.1) is 0 Å². The van der Waals surface area contributed by atoms with Crippen molar-refractivity contribution in [3.05, 3.63) is 36.0 Å². The number of amides is 1. The third-order valence-corrected chi connectivity index (χ3v) is 2.91. The first kappa shape index (κ1) is 11.8. The first-order valence-electron chi connectivity index (χ1n) is 5.33. The Bertz CT molecular complexity index is 538. The lowest BCUT2D eigenvalue weighted by Crippen LogP contribution is -2.35. The number of alkyl carbamates (subject to hydrolysis) is 1. The highest BCUT2D eigenvalue weighted by Gasteiger charge is 2.20. The molecule has 0 spiro atoms. The summed E-state index contributed by atoms with van der Waals surface area (Å²) in [6, 6.07) is 8.27. The lowest BCUT2D eigenvalue weighted by Gasteiger charge is -2.23. The zero-order valence-electron chi connectivity index (χ0n) is 9.10. The number of carbonyl (C=O) groups excluding carboxylic acids is 1. The summed E-state index contributed by atoms with van der Waals surface area (Å²) >= 11 is 0. The fourth-order valence-electron chi connectivity index (χ4n) is 2.06. The third-order valence-electron chi connectivity index (χ3n) is 2.91. The number of aromatic amines is 1. The molecule has 17 heavy (non-hydrogen) atoms. The van der Waals surface area contributed by atoms with E-state index in [1.807, 2.05) is 24.4 Å². The van der Waals surface area contributed by atoms with Gasteiger partial charge in [0.1, 0.15) is 0 Å². The van der Waals surface area contributed by atoms with Crippen LogP contribution in [0.15, 0.2) is 30.5 Å². The first-order chi connectivity index (χ1) is 7.83. The molecule has 1 aliphatic heterocycles. The Balaban J connectivity index is 0.00000108. The van der Waals surface area contributed by atoms with Crippen molar-refractivity contribution >= 4 is 29.4 Å². The lowest BCUT2D eigenvalue weighted by atomic mass is 10.0. The van der Waals surface area contributed by atoms with Crippen molar-refractivity contribution in [2.75, 3.05) is 6.61 Å². The van der Waals surface area contributed by atoms with Gasteiger partial charge in [-0.1, -0.05) is 6.07 Å². The Morgan fingerprint density at radius 3 is 3.00 bits per heavy atom. The van der Waals surface area contributed by atoms with Crippen LogP contribution in [0.25, 0.3) is 10.9 Å². The van der Waals surface area contributed by atoms with E-state index in [2.05, 4.69) is 16.4 Å². The van der Waals surface area contributed by atoms with Crippen molar-refractivity contribution in [1.82, 2.24) is 10.3 Å². The maximum absolute atomic E-state index is 11.1. The second-order valence-corrected chi connectivity index (χ2v) is 3.95. The van der Waals surface area contributed by atoms with Gasteiger partial charge in [-0.25, -0.2) is 4.79 Å². The van der Waals surface area contributed by atoms with Gasteiger partial charge in [-0.05, 0) is 29.1 Å². The maximum Gasteiger partial charge on any atom is 0.407 e. The van der Waals surface area contributed by atoms with Gasteiger partial charge in [0.05, 0.1) is 12.6 Å². The number of rotatable bonds is 1. The SMILES string of the molecule is Cl.O=C1N[C@H](c2ccc3[nH]ccc3c2)CCO1. The van der Waals surface area contributed by atoms with Gasteiger partial charge in [-0.3, -0.25) is 0 Å². The molecule has 0 unspecified atom stereocenters. The average Bonchev–Trinajstić information content (AvgIpc) is 2.75. The van der Waals surface area contributed by atoms with E-state index in [0.717, 1.165) is 17.5 Å². The van der Waals surface area contributed by atoms with Crippen molar-refractivity contribution in [2.45, 2.75) is 12.5 Å². The number of carbonyl (C=O) groups is 1. The van der Waals surface area contributed by atoms with E-state index < -0.39 is 0 Å². The molecule has 1 aromatic carbocycles. The average molecular weight is 253 g/mol. The summed E-state index contributed by atoms with van der Waals surface area (Å²) in [5.74, 6) is 0. The van der Waals surface area contributed by atoms with Gasteiger partial charge in [0, 0.05) is 18.1 Å². The number of halogens is 1. The van der Waals surface area contributed by atoms with Gasteiger partial charge < -0.3 is 15.0 Å². The molecule has 0 bridgehead atoms. The molecule has 1 saturated heterocycles. The highest BCUT2D eigenvalue weighted by atomic mass is 35.5. The molecular formula is C12H13ClN2O2. The smallest absolute Gasteiger partial charge is 0.407 e. The normalized spacial score (nSPS) is 19.3. The highest BCUT2D eigenvalue weighted by Crippen LogP contribution is 2.23. The number of benzene rings is 1. The van der Waals surface area contributed by atoms with Crippen LogP contribution in [0.3, 0.4) is 0 Å². The van der Waals surface area contributed by atoms with Crippen molar-refractivity contribution in [3.8, 4) is 0 Å². The Morgan fingerprint density at radius 2 is 2.18 bits per heavy atom. The predicted octanol–water partition coefficient (Wildman–Crippen LogP) is 2.76. The third kappa shape index (κ3) is 2.22. The zero-order valence-corrected chi connectivity index (χ0v) is 9.92. The molecule has 1 aliphatic rings. The quantitative estimate of drug-likeness (QED) is 0.820. The van der Waals surface area contributed by atoms with E-state index in [9.17, 15) is 4.79 Å². The second-order valence-electron chi connectivity index (χ2n) is 3.95. The number of aromatic nitrogens is 1. The van der Waals surface area contributed by atoms with Crippen LogP contribution in [0.2, 0.25) is 0 Å². The summed E-state index contributed by atoms with van der Waals surface area (Å²) in [4.78, 5) is 14.3. The molecule has 0 saturated carbocycles. The molecule has 1 amide bonds. The number of ether oxygens (including phenoxy) is 1. The Kier molecular flexibility index (Phi) is 3.24. The van der Waals surface area contributed by atoms with Crippen LogP contribution in [-0.4, -0.2) is 17.7 Å². The van der Waals surface area contributed by atoms with Gasteiger partial charge in [-0.15, -0.1) is 12.4 Å². The summed E-state index contributed by atoms with van der Waals surface area (Å²) in [6.45, 7) is 0.488. The molecule has 90 valence electrons. The minimum atomic E-state index is -0.328. The minimum Gasteiger partial charge on any atom is -0.449 e. The molecule has 1 atom stereocenters. The molecular weight excluding hydrogens is 240 g/mol. The number of fused-ring (bicyclic) bond motifs is 1. The van der Waals surface area contributed by atoms with Crippen LogP contribution in [-0.2, 0) is 4.74 Å². The summed E-state index contributed by atoms with van der Waals surface area (Å²) in [7, 11) is 0. The predicted molar refractivity (Wildman–Crippen MR) is 67.4 cm³/mol. The largest absolute Gasteiger partial charge is 0.449 e. The summed E-state index contributed by atoms with van der Waals surface area (Å²) < 4.78 is 4.85. The van der Waals surface area contributed by atoms with E-state index in [4.69, 9.17) is 4.74 Å². The van der Waals surface area contributed by atoms with Crippen LogP contribution in [0.1, 0.15) is 18.0 Å². The standard InChI is InChI=1S/C12H12N2O2.ClH/c15-12-14-11(4-6-16-12)8-1-2-10-9(7-8)3-5-13-10;/h1-3,5,7,11,13H,4,6H2,(H,14,15);1H/t11-;/m0./s1. The number of nitrogens with one attached hydrogen (secondary N) is 2. The fourth-order valence-corrected chi connectivity index (χ4v) is 2.06. The van der Waals surface area contributed by atoms with Gasteiger partial charge in [-0.2, -0.15) is 0 Å². The topological polar surface area (TPSA) is 54.1 Å². The Hall–Kier alpha value is -1.68. The van der Waals surface area contributed by atoms with Gasteiger partial charge in [0.2, 0.25) is 0 Å². The molecule has 0 radical (unpaired) electrons. The van der Waals surface area contributed by atoms with Crippen LogP contribution < -0.4 is 5.32 Å². The number of cyclic esters (lactones) is 1. The summed E-state index contributed by atoms with van der Waals surface area (Å²) in [6.07, 6.45) is 2.41. The van der Waals surface area contributed by atoms with E-state index in [-0.39, 0.29) is 24.5 Å². The van der Waals surface area contributed by atoms with Gasteiger partial charge >= 0.3 is 6.09 Å². The second kappa shape index (κ2) is 4.67. The molecule has 1 aromatic heterocycles. The van der Waals surface area contributed by atoms with Crippen molar-refractivity contribution < 1.29 is 9.53 Å². The highest BCUT2D eigenvalue weighted by molar-refractivity contribution is 5.85. The Morgan fingerprint density at radius 1 is 1.29 bits per heavy atom. The fraction of sp³-hybridized carbons (Fsp3) is 0.250. The van der Waals surface area contributed by atoms with Crippen molar-refractivity contribution in [2.24, 2.45) is 0 Å². The first-order valence-corrected chi connectivity index (χ1v) is 5.33. The molecule has 4 nitrogen and oxygen atoms in total. The molecule has 1 fully saturated rings. The van der Waals surface area contributed by atoms with Gasteiger partial charge in [0.15, 0.2) is 0 Å². The molecule has 3 rings (SSSR count). The number of hydrogen-bond acceptors (Lipinski definition) is 2. The summed E-state index contributed by atoms with van der Waals surface area (Å²) in [5.41, 5.74) is 2.24. The number of hydrogen-bond donors (Lipinski definition) is 2. The van der Waals surface area contributed by atoms with Crippen LogP contribution in [0.5, 0.6) is 0 Å². The molecule has 2 N–H and O–H groups in total. The molecule has 2 aromatic rings. The van der Waals surface area contributed by atoms with Crippen molar-refractivity contribution in [3.63, 3.8) is 0 Å².